The summed E-state index contributed by atoms with van der Waals surface area (Å²) in [7, 11) is 3.69. The second kappa shape index (κ2) is 9.35. The van der Waals surface area contributed by atoms with E-state index in [4.69, 9.17) is 4.74 Å². The number of ether oxygens (including phenoxy) is 1. The summed E-state index contributed by atoms with van der Waals surface area (Å²) in [6.45, 7) is 1.91. The monoisotopic (exact) mass is 451 g/mol. The van der Waals surface area contributed by atoms with Gasteiger partial charge in [-0.25, -0.2) is 4.79 Å². The number of nitrogens with zero attached hydrogens (tertiary/aromatic N) is 3. The fraction of sp³-hybridized carbons (Fsp3) is 0.500. The molecule has 10 nitrogen and oxygen atoms in total. The largest absolute Gasteiger partial charge is 0.612 e. The molecule has 4 atom stereocenters. The predicted octanol–water partition coefficient (Wildman–Crippen LogP) is 0.771. The second-order valence-electron chi connectivity index (χ2n) is 7.87. The summed E-state index contributed by atoms with van der Waals surface area (Å²) in [5.74, 6) is -1.50. The van der Waals surface area contributed by atoms with Gasteiger partial charge in [0.2, 0.25) is 5.91 Å². The van der Waals surface area contributed by atoms with Crippen molar-refractivity contribution in [3.8, 4) is 0 Å². The van der Waals surface area contributed by atoms with E-state index in [0.717, 1.165) is 0 Å². The molecule has 11 heteroatoms. The van der Waals surface area contributed by atoms with Gasteiger partial charge >= 0.3 is 5.97 Å². The van der Waals surface area contributed by atoms with Gasteiger partial charge in [-0.1, -0.05) is 0 Å². The van der Waals surface area contributed by atoms with E-state index in [0.29, 0.717) is 22.8 Å². The molecule has 168 valence electrons. The standard InChI is InChI=1S/C20H25N3O7S/c1-12(24)17-15-10-16(31(29)9-8-21(2)3)18(22(15)19(17)25)20(26)30-11-13-4-6-14(7-5-13)23(27)28/h4-7,12,15,17,24H,8-11H2,1-3H3. The Balaban J connectivity index is 1.77. The molecular formula is C20H25N3O7S. The molecule has 1 amide bonds. The Hall–Kier alpha value is -2.47. The highest BCUT2D eigenvalue weighted by atomic mass is 32.2. The van der Waals surface area contributed by atoms with E-state index < -0.39 is 40.1 Å². The average Bonchev–Trinajstić information content (AvgIpc) is 3.05. The molecule has 1 N–H and O–H groups in total. The van der Waals surface area contributed by atoms with Crippen LogP contribution < -0.4 is 0 Å². The van der Waals surface area contributed by atoms with E-state index in [-0.39, 0.29) is 30.3 Å². The number of aliphatic hydroxyl groups is 1. The topological polar surface area (TPSA) is 136 Å². The van der Waals surface area contributed by atoms with E-state index in [1.54, 1.807) is 0 Å². The molecule has 1 saturated heterocycles. The summed E-state index contributed by atoms with van der Waals surface area (Å²) in [4.78, 5) is 39.2. The Morgan fingerprint density at radius 2 is 2.03 bits per heavy atom. The lowest BCUT2D eigenvalue weighted by molar-refractivity contribution is -0.384. The van der Waals surface area contributed by atoms with Gasteiger partial charge in [-0.3, -0.25) is 19.8 Å². The fourth-order valence-electron chi connectivity index (χ4n) is 3.74. The van der Waals surface area contributed by atoms with Gasteiger partial charge in [0, 0.05) is 25.1 Å². The zero-order valence-electron chi connectivity index (χ0n) is 17.5. The third-order valence-electron chi connectivity index (χ3n) is 5.40. The second-order valence-corrected chi connectivity index (χ2v) is 9.46. The molecule has 1 aromatic rings. The number of amides is 1. The maximum atomic E-state index is 12.9. The summed E-state index contributed by atoms with van der Waals surface area (Å²) in [5.41, 5.74) is 0.456. The van der Waals surface area contributed by atoms with Gasteiger partial charge in [0.25, 0.3) is 5.69 Å². The van der Waals surface area contributed by atoms with Crippen LogP contribution in [0.2, 0.25) is 0 Å². The molecule has 4 unspecified atom stereocenters. The van der Waals surface area contributed by atoms with Gasteiger partial charge < -0.3 is 19.3 Å². The van der Waals surface area contributed by atoms with Crippen LogP contribution in [0.15, 0.2) is 34.9 Å². The van der Waals surface area contributed by atoms with Gasteiger partial charge in [-0.05, 0) is 49.9 Å². The number of aliphatic hydroxyl groups excluding tert-OH is 1. The van der Waals surface area contributed by atoms with Crippen LogP contribution in [-0.2, 0) is 32.1 Å². The highest BCUT2D eigenvalue weighted by molar-refractivity contribution is 7.95. The van der Waals surface area contributed by atoms with Crippen LogP contribution in [0.3, 0.4) is 0 Å². The highest BCUT2D eigenvalue weighted by Crippen LogP contribution is 2.45. The molecule has 31 heavy (non-hydrogen) atoms. The lowest BCUT2D eigenvalue weighted by Crippen LogP contribution is -2.61. The van der Waals surface area contributed by atoms with Gasteiger partial charge in [-0.15, -0.1) is 0 Å². The van der Waals surface area contributed by atoms with E-state index in [9.17, 15) is 29.4 Å². The van der Waals surface area contributed by atoms with Gasteiger partial charge in [0.15, 0.2) is 10.6 Å². The number of fused-ring (bicyclic) bond motifs is 1. The molecule has 0 radical (unpaired) electrons. The van der Waals surface area contributed by atoms with Crippen molar-refractivity contribution in [2.45, 2.75) is 32.1 Å². The quantitative estimate of drug-likeness (QED) is 0.191. The number of hydrogen-bond donors (Lipinski definition) is 1. The van der Waals surface area contributed by atoms with Crippen LogP contribution in [0, 0.1) is 16.0 Å². The third-order valence-corrected chi connectivity index (χ3v) is 6.86. The van der Waals surface area contributed by atoms with Crippen molar-refractivity contribution >= 4 is 28.7 Å². The van der Waals surface area contributed by atoms with Crippen molar-refractivity contribution in [1.82, 2.24) is 9.80 Å². The zero-order chi connectivity index (χ0) is 22.9. The Labute approximate surface area is 182 Å². The first-order valence-electron chi connectivity index (χ1n) is 9.79. The normalized spacial score (nSPS) is 22.3. The average molecular weight is 452 g/mol. The summed E-state index contributed by atoms with van der Waals surface area (Å²) < 4.78 is 18.2. The summed E-state index contributed by atoms with van der Waals surface area (Å²) in [6, 6.07) is 5.16. The minimum absolute atomic E-state index is 0.00842. The van der Waals surface area contributed by atoms with Crippen LogP contribution in [0.5, 0.6) is 0 Å². The van der Waals surface area contributed by atoms with Crippen molar-refractivity contribution in [1.29, 1.82) is 0 Å². The number of non-ortho nitro benzene ring substituents is 1. The highest BCUT2D eigenvalue weighted by Gasteiger charge is 2.59. The summed E-state index contributed by atoms with van der Waals surface area (Å²) in [6.07, 6.45) is -0.621. The number of β-lactam (4-membered cyclic amide) rings is 1. The number of carbonyl (C=O) groups excluding carboxylic acids is 2. The number of benzene rings is 1. The molecule has 0 bridgehead atoms. The summed E-state index contributed by atoms with van der Waals surface area (Å²) >= 11 is -1.48. The SMILES string of the molecule is CC(O)C1C(=O)N2C(C(=O)OCc3ccc([N+](=O)[O-])cc3)=C([S+]([O-])CCN(C)C)CC12. The predicted molar refractivity (Wildman–Crippen MR) is 112 cm³/mol. The molecule has 2 heterocycles. The maximum Gasteiger partial charge on any atom is 0.360 e. The van der Waals surface area contributed by atoms with Crippen LogP contribution >= 0.6 is 0 Å². The Bertz CT molecular complexity index is 901. The first-order chi connectivity index (χ1) is 14.6. The molecule has 3 rings (SSSR count). The van der Waals surface area contributed by atoms with E-state index in [1.807, 2.05) is 19.0 Å². The number of carbonyl (C=O) groups is 2. The maximum absolute atomic E-state index is 12.9. The number of nitro groups is 1. The van der Waals surface area contributed by atoms with E-state index >= 15 is 0 Å². The Morgan fingerprint density at radius 1 is 1.39 bits per heavy atom. The van der Waals surface area contributed by atoms with Gasteiger partial charge in [0.1, 0.15) is 12.4 Å². The first-order valence-corrected chi connectivity index (χ1v) is 11.1. The number of esters is 1. The minimum atomic E-state index is -1.48. The molecule has 0 spiro atoms. The van der Waals surface area contributed by atoms with E-state index in [2.05, 4.69) is 0 Å². The summed E-state index contributed by atoms with van der Waals surface area (Å²) in [5, 5.41) is 20.7. The number of hydrogen-bond acceptors (Lipinski definition) is 8. The van der Waals surface area contributed by atoms with Crippen molar-refractivity contribution in [2.75, 3.05) is 26.4 Å². The fourth-order valence-corrected chi connectivity index (χ4v) is 5.27. The van der Waals surface area contributed by atoms with Crippen molar-refractivity contribution in [3.05, 3.63) is 50.5 Å². The molecule has 1 aromatic carbocycles. The Kier molecular flexibility index (Phi) is 6.99. The van der Waals surface area contributed by atoms with Crippen molar-refractivity contribution in [2.24, 2.45) is 5.92 Å². The van der Waals surface area contributed by atoms with E-state index in [1.165, 1.54) is 36.1 Å². The van der Waals surface area contributed by atoms with Gasteiger partial charge in [-0.2, -0.15) is 0 Å². The molecular weight excluding hydrogens is 426 g/mol. The zero-order valence-corrected chi connectivity index (χ0v) is 18.3. The molecule has 1 fully saturated rings. The Morgan fingerprint density at radius 3 is 2.58 bits per heavy atom. The van der Waals surface area contributed by atoms with Crippen LogP contribution in [0.25, 0.3) is 0 Å². The molecule has 0 saturated carbocycles. The van der Waals surface area contributed by atoms with Crippen molar-refractivity contribution < 1.29 is 28.9 Å². The number of nitro benzene ring substituents is 1. The molecule has 2 aliphatic heterocycles. The third kappa shape index (κ3) is 4.74. The molecule has 0 aromatic heterocycles. The smallest absolute Gasteiger partial charge is 0.360 e. The van der Waals surface area contributed by atoms with Crippen molar-refractivity contribution in [3.63, 3.8) is 0 Å². The van der Waals surface area contributed by atoms with Gasteiger partial charge in [0.05, 0.1) is 23.0 Å². The lowest BCUT2D eigenvalue weighted by Gasteiger charge is -2.44. The molecule has 0 aliphatic carbocycles. The number of rotatable bonds is 9. The minimum Gasteiger partial charge on any atom is -0.612 e. The van der Waals surface area contributed by atoms with Crippen LogP contribution in [0.4, 0.5) is 5.69 Å². The first kappa shape index (κ1) is 23.2. The molecule has 2 aliphatic rings. The lowest BCUT2D eigenvalue weighted by atomic mass is 9.83. The van der Waals surface area contributed by atoms with Crippen LogP contribution in [0.1, 0.15) is 18.9 Å². The van der Waals surface area contributed by atoms with Crippen LogP contribution in [-0.4, -0.2) is 74.8 Å².